The van der Waals surface area contributed by atoms with E-state index in [-0.39, 0.29) is 5.41 Å². The van der Waals surface area contributed by atoms with Crippen LogP contribution in [-0.4, -0.2) is 10.7 Å². The van der Waals surface area contributed by atoms with Gasteiger partial charge in [0.1, 0.15) is 5.60 Å². The Labute approximate surface area is 157 Å². The molecule has 0 amide bonds. The molecule has 1 N–H and O–H groups in total. The zero-order chi connectivity index (χ0) is 19.3. The highest BCUT2D eigenvalue weighted by atomic mass is 16.3. The average Bonchev–Trinajstić information content (AvgIpc) is 2.57. The summed E-state index contributed by atoms with van der Waals surface area (Å²) >= 11 is 0. The molecule has 25 heavy (non-hydrogen) atoms. The Hall–Kier alpha value is -1.26. The van der Waals surface area contributed by atoms with E-state index >= 15 is 0 Å². The molecule has 0 rings (SSSR count). The van der Waals surface area contributed by atoms with Crippen LogP contribution in [0.4, 0.5) is 0 Å². The first-order chi connectivity index (χ1) is 11.7. The van der Waals surface area contributed by atoms with E-state index in [1.807, 2.05) is 19.9 Å². The lowest BCUT2D eigenvalue weighted by atomic mass is 9.77. The third-order valence-corrected chi connectivity index (χ3v) is 5.11. The highest BCUT2D eigenvalue weighted by molar-refractivity contribution is 5.18. The van der Waals surface area contributed by atoms with Crippen LogP contribution in [0.15, 0.2) is 36.0 Å². The Kier molecular flexibility index (Phi) is 11.5. The van der Waals surface area contributed by atoms with Crippen LogP contribution in [-0.2, 0) is 0 Å². The van der Waals surface area contributed by atoms with E-state index in [0.29, 0.717) is 12.8 Å². The van der Waals surface area contributed by atoms with Crippen LogP contribution in [0.1, 0.15) is 92.9 Å². The third kappa shape index (κ3) is 9.71. The van der Waals surface area contributed by atoms with Gasteiger partial charge in [0.25, 0.3) is 0 Å². The van der Waals surface area contributed by atoms with E-state index in [0.717, 1.165) is 25.7 Å². The highest BCUT2D eigenvalue weighted by Crippen LogP contribution is 2.35. The van der Waals surface area contributed by atoms with Gasteiger partial charge in [-0.2, -0.15) is 0 Å². The van der Waals surface area contributed by atoms with Crippen molar-refractivity contribution in [1.82, 2.24) is 0 Å². The summed E-state index contributed by atoms with van der Waals surface area (Å²) in [5.74, 6) is 6.30. The molecule has 1 nitrogen and oxygen atoms in total. The van der Waals surface area contributed by atoms with Crippen LogP contribution in [0.3, 0.4) is 0 Å². The summed E-state index contributed by atoms with van der Waals surface area (Å²) in [7, 11) is 0. The predicted molar refractivity (Wildman–Crippen MR) is 113 cm³/mol. The summed E-state index contributed by atoms with van der Waals surface area (Å²) in [6, 6.07) is 0. The first-order valence-corrected chi connectivity index (χ1v) is 9.94. The molecule has 0 fully saturated rings. The molecule has 1 heteroatoms. The summed E-state index contributed by atoms with van der Waals surface area (Å²) in [4.78, 5) is 0. The van der Waals surface area contributed by atoms with E-state index < -0.39 is 5.60 Å². The van der Waals surface area contributed by atoms with Gasteiger partial charge in [-0.05, 0) is 57.3 Å². The van der Waals surface area contributed by atoms with Crippen molar-refractivity contribution in [2.45, 2.75) is 98.5 Å². The summed E-state index contributed by atoms with van der Waals surface area (Å²) in [6.45, 7) is 16.8. The first kappa shape index (κ1) is 23.7. The molecule has 0 aromatic heterocycles. The molecule has 0 unspecified atom stereocenters. The second-order valence-electron chi connectivity index (χ2n) is 7.66. The van der Waals surface area contributed by atoms with Crippen molar-refractivity contribution in [1.29, 1.82) is 0 Å². The SMILES string of the molecule is C=C/C=C(/C)CCCC(C)(C)/C(=C\CC)CCC#CC(O)(CC)CC. The lowest BCUT2D eigenvalue weighted by Crippen LogP contribution is -2.23. The van der Waals surface area contributed by atoms with Crippen LogP contribution >= 0.6 is 0 Å². The smallest absolute Gasteiger partial charge is 0.125 e. The maximum Gasteiger partial charge on any atom is 0.125 e. The van der Waals surface area contributed by atoms with Crippen LogP contribution in [0, 0.1) is 17.3 Å². The van der Waals surface area contributed by atoms with Crippen molar-refractivity contribution >= 4 is 0 Å². The summed E-state index contributed by atoms with van der Waals surface area (Å²) < 4.78 is 0. The molecule has 142 valence electrons. The minimum atomic E-state index is -0.806. The minimum Gasteiger partial charge on any atom is -0.378 e. The summed E-state index contributed by atoms with van der Waals surface area (Å²) in [5, 5.41) is 10.3. The predicted octanol–water partition coefficient (Wildman–Crippen LogP) is 6.99. The lowest BCUT2D eigenvalue weighted by molar-refractivity contribution is 0.0930. The monoisotopic (exact) mass is 344 g/mol. The Morgan fingerprint density at radius 2 is 1.76 bits per heavy atom. The van der Waals surface area contributed by atoms with Crippen molar-refractivity contribution in [3.63, 3.8) is 0 Å². The normalized spacial score (nSPS) is 13.4. The molecule has 0 aliphatic carbocycles. The largest absolute Gasteiger partial charge is 0.378 e. The quantitative estimate of drug-likeness (QED) is 0.243. The molecule has 0 saturated heterocycles. The van der Waals surface area contributed by atoms with Crippen LogP contribution in [0.25, 0.3) is 0 Å². The van der Waals surface area contributed by atoms with Crippen molar-refractivity contribution in [2.24, 2.45) is 5.41 Å². The average molecular weight is 345 g/mol. The van der Waals surface area contributed by atoms with E-state index in [9.17, 15) is 5.11 Å². The van der Waals surface area contributed by atoms with Gasteiger partial charge in [0.15, 0.2) is 0 Å². The van der Waals surface area contributed by atoms with E-state index in [1.165, 1.54) is 24.0 Å². The Morgan fingerprint density at radius 1 is 1.12 bits per heavy atom. The van der Waals surface area contributed by atoms with Crippen molar-refractivity contribution in [2.75, 3.05) is 0 Å². The van der Waals surface area contributed by atoms with Crippen LogP contribution in [0.2, 0.25) is 0 Å². The fourth-order valence-corrected chi connectivity index (χ4v) is 3.07. The van der Waals surface area contributed by atoms with Crippen molar-refractivity contribution in [3.8, 4) is 11.8 Å². The van der Waals surface area contributed by atoms with E-state index in [1.54, 1.807) is 0 Å². The fraction of sp³-hybridized carbons (Fsp3) is 0.667. The molecule has 0 aromatic carbocycles. The number of allylic oxidation sites excluding steroid dienone is 5. The van der Waals surface area contributed by atoms with E-state index in [2.05, 4.69) is 58.3 Å². The Balaban J connectivity index is 4.77. The van der Waals surface area contributed by atoms with Gasteiger partial charge in [-0.25, -0.2) is 0 Å². The molecule has 0 aliphatic heterocycles. The molecular weight excluding hydrogens is 304 g/mol. The highest BCUT2D eigenvalue weighted by Gasteiger charge is 2.22. The molecule has 0 heterocycles. The molecule has 0 radical (unpaired) electrons. The molecule has 0 aromatic rings. The third-order valence-electron chi connectivity index (χ3n) is 5.11. The number of rotatable bonds is 11. The number of hydrogen-bond acceptors (Lipinski definition) is 1. The lowest BCUT2D eigenvalue weighted by Gasteiger charge is -2.28. The van der Waals surface area contributed by atoms with Gasteiger partial charge in [-0.1, -0.05) is 82.4 Å². The Bertz CT molecular complexity index is 504. The van der Waals surface area contributed by atoms with Gasteiger partial charge < -0.3 is 5.11 Å². The van der Waals surface area contributed by atoms with Crippen LogP contribution in [0.5, 0.6) is 0 Å². The van der Waals surface area contributed by atoms with Gasteiger partial charge in [-0.15, -0.1) is 0 Å². The standard InChI is InChI=1S/C24H40O/c1-8-15-21(5)17-14-19-23(6,7)22(16-9-2)18-12-13-20-24(25,10-3)11-4/h8,15-16,25H,1,9-12,14,17-19H2,2-7H3/b21-15-,22-16-. The Morgan fingerprint density at radius 3 is 2.28 bits per heavy atom. The van der Waals surface area contributed by atoms with Gasteiger partial charge >= 0.3 is 0 Å². The van der Waals surface area contributed by atoms with Gasteiger partial charge in [0.05, 0.1) is 0 Å². The summed E-state index contributed by atoms with van der Waals surface area (Å²) in [5.41, 5.74) is 2.30. The fourth-order valence-electron chi connectivity index (χ4n) is 3.07. The molecule has 0 aliphatic rings. The maximum atomic E-state index is 10.3. The van der Waals surface area contributed by atoms with Crippen molar-refractivity contribution in [3.05, 3.63) is 36.0 Å². The molecule has 0 spiro atoms. The number of hydrogen-bond donors (Lipinski definition) is 1. The first-order valence-electron chi connectivity index (χ1n) is 9.94. The second-order valence-corrected chi connectivity index (χ2v) is 7.66. The topological polar surface area (TPSA) is 20.2 Å². The molecule has 0 bridgehead atoms. The zero-order valence-corrected chi connectivity index (χ0v) is 17.5. The maximum absolute atomic E-state index is 10.3. The van der Waals surface area contributed by atoms with Crippen LogP contribution < -0.4 is 0 Å². The van der Waals surface area contributed by atoms with Gasteiger partial charge in [0, 0.05) is 6.42 Å². The summed E-state index contributed by atoms with van der Waals surface area (Å²) in [6.07, 6.45) is 14.1. The van der Waals surface area contributed by atoms with Gasteiger partial charge in [-0.3, -0.25) is 0 Å². The molecule has 0 atom stereocenters. The molecular formula is C24H40O. The second kappa shape index (κ2) is 12.2. The van der Waals surface area contributed by atoms with E-state index in [4.69, 9.17) is 0 Å². The number of aliphatic hydroxyl groups is 1. The minimum absolute atomic E-state index is 0.206. The zero-order valence-electron chi connectivity index (χ0n) is 17.5. The van der Waals surface area contributed by atoms with Crippen molar-refractivity contribution < 1.29 is 5.11 Å². The van der Waals surface area contributed by atoms with Gasteiger partial charge in [0.2, 0.25) is 0 Å². The molecule has 0 saturated carbocycles.